The SMILES string of the molecule is C=CCC=C(C)C(C)C(C)C=CC. The van der Waals surface area contributed by atoms with Crippen molar-refractivity contribution in [2.45, 2.75) is 34.1 Å². The van der Waals surface area contributed by atoms with Gasteiger partial charge in [0, 0.05) is 0 Å². The minimum atomic E-state index is 0.631. The van der Waals surface area contributed by atoms with E-state index in [1.807, 2.05) is 6.08 Å². The van der Waals surface area contributed by atoms with Crippen LogP contribution in [-0.4, -0.2) is 0 Å². The minimum Gasteiger partial charge on any atom is -0.103 e. The fourth-order valence-electron chi connectivity index (χ4n) is 1.34. The largest absolute Gasteiger partial charge is 0.103 e. The lowest BCUT2D eigenvalue weighted by Crippen LogP contribution is -2.06. The van der Waals surface area contributed by atoms with E-state index in [0.717, 1.165) is 6.42 Å². The van der Waals surface area contributed by atoms with E-state index in [1.54, 1.807) is 0 Å². The number of rotatable bonds is 5. The van der Waals surface area contributed by atoms with E-state index in [9.17, 15) is 0 Å². The Morgan fingerprint density at radius 3 is 2.46 bits per heavy atom. The summed E-state index contributed by atoms with van der Waals surface area (Å²) in [5.41, 5.74) is 1.46. The van der Waals surface area contributed by atoms with Crippen molar-refractivity contribution in [3.8, 4) is 0 Å². The van der Waals surface area contributed by atoms with Crippen LogP contribution in [0.3, 0.4) is 0 Å². The average molecular weight is 178 g/mol. The Labute approximate surface area is 83.0 Å². The van der Waals surface area contributed by atoms with Gasteiger partial charge in [-0.3, -0.25) is 0 Å². The molecule has 0 heterocycles. The summed E-state index contributed by atoms with van der Waals surface area (Å²) in [6, 6.07) is 0. The normalized spacial score (nSPS) is 17.4. The van der Waals surface area contributed by atoms with Crippen LogP contribution in [0.1, 0.15) is 34.1 Å². The molecule has 0 N–H and O–H groups in total. The van der Waals surface area contributed by atoms with Crippen molar-refractivity contribution in [1.29, 1.82) is 0 Å². The summed E-state index contributed by atoms with van der Waals surface area (Å²) in [6.45, 7) is 12.5. The first-order valence-corrected chi connectivity index (χ1v) is 5.03. The second-order valence-electron chi connectivity index (χ2n) is 3.65. The lowest BCUT2D eigenvalue weighted by Gasteiger charge is -2.17. The first-order valence-electron chi connectivity index (χ1n) is 5.03. The Morgan fingerprint density at radius 1 is 1.38 bits per heavy atom. The Balaban J connectivity index is 4.22. The van der Waals surface area contributed by atoms with Gasteiger partial charge in [-0.05, 0) is 32.1 Å². The lowest BCUT2D eigenvalue weighted by molar-refractivity contribution is 0.527. The lowest BCUT2D eigenvalue weighted by atomic mass is 9.89. The second kappa shape index (κ2) is 6.71. The molecule has 0 saturated heterocycles. The number of hydrogen-bond donors (Lipinski definition) is 0. The van der Waals surface area contributed by atoms with Crippen LogP contribution in [0.5, 0.6) is 0 Å². The maximum Gasteiger partial charge on any atom is -0.0169 e. The summed E-state index contributed by atoms with van der Waals surface area (Å²) in [5, 5.41) is 0. The monoisotopic (exact) mass is 178 g/mol. The van der Waals surface area contributed by atoms with Gasteiger partial charge in [-0.2, -0.15) is 0 Å². The van der Waals surface area contributed by atoms with Gasteiger partial charge in [0.2, 0.25) is 0 Å². The third kappa shape index (κ3) is 4.72. The van der Waals surface area contributed by atoms with Crippen LogP contribution in [0.15, 0.2) is 36.5 Å². The first kappa shape index (κ1) is 12.2. The first-order chi connectivity index (χ1) is 6.13. The fourth-order valence-corrected chi connectivity index (χ4v) is 1.34. The predicted octanol–water partition coefficient (Wildman–Crippen LogP) is 4.36. The van der Waals surface area contributed by atoms with E-state index in [-0.39, 0.29) is 0 Å². The fraction of sp³-hybridized carbons (Fsp3) is 0.538. The third-order valence-electron chi connectivity index (χ3n) is 2.61. The van der Waals surface area contributed by atoms with Gasteiger partial charge in [-0.25, -0.2) is 0 Å². The summed E-state index contributed by atoms with van der Waals surface area (Å²) in [6.07, 6.45) is 9.57. The van der Waals surface area contributed by atoms with E-state index in [1.165, 1.54) is 5.57 Å². The molecule has 0 fully saturated rings. The molecule has 2 atom stereocenters. The van der Waals surface area contributed by atoms with Crippen LogP contribution in [0.4, 0.5) is 0 Å². The van der Waals surface area contributed by atoms with Crippen LogP contribution in [0, 0.1) is 11.8 Å². The molecule has 0 aromatic rings. The van der Waals surface area contributed by atoms with Gasteiger partial charge in [-0.1, -0.05) is 43.7 Å². The van der Waals surface area contributed by atoms with Gasteiger partial charge in [0.15, 0.2) is 0 Å². The molecule has 0 radical (unpaired) electrons. The predicted molar refractivity (Wildman–Crippen MR) is 61.7 cm³/mol. The van der Waals surface area contributed by atoms with Gasteiger partial charge in [0.25, 0.3) is 0 Å². The van der Waals surface area contributed by atoms with E-state index in [4.69, 9.17) is 0 Å². The number of hydrogen-bond acceptors (Lipinski definition) is 0. The van der Waals surface area contributed by atoms with Crippen LogP contribution in [0.2, 0.25) is 0 Å². The van der Waals surface area contributed by atoms with Crippen molar-refractivity contribution in [2.75, 3.05) is 0 Å². The zero-order valence-electron chi connectivity index (χ0n) is 9.38. The van der Waals surface area contributed by atoms with Crippen LogP contribution in [-0.2, 0) is 0 Å². The van der Waals surface area contributed by atoms with Crippen LogP contribution >= 0.6 is 0 Å². The molecule has 0 amide bonds. The molecular formula is C13H22. The van der Waals surface area contributed by atoms with Crippen molar-refractivity contribution in [3.05, 3.63) is 36.5 Å². The Kier molecular flexibility index (Phi) is 6.30. The maximum atomic E-state index is 3.71. The molecule has 0 spiro atoms. The molecule has 0 aliphatic heterocycles. The summed E-state index contributed by atoms with van der Waals surface area (Å²) in [5.74, 6) is 1.27. The zero-order chi connectivity index (χ0) is 10.3. The molecular weight excluding hydrogens is 156 g/mol. The van der Waals surface area contributed by atoms with Crippen LogP contribution in [0.25, 0.3) is 0 Å². The van der Waals surface area contributed by atoms with E-state index in [2.05, 4.69) is 52.5 Å². The average Bonchev–Trinajstić information content (AvgIpc) is 2.13. The molecule has 0 aromatic carbocycles. The quantitative estimate of drug-likeness (QED) is 0.549. The topological polar surface area (TPSA) is 0 Å². The molecule has 2 unspecified atom stereocenters. The zero-order valence-corrected chi connectivity index (χ0v) is 9.38. The van der Waals surface area contributed by atoms with Crippen molar-refractivity contribution in [1.82, 2.24) is 0 Å². The van der Waals surface area contributed by atoms with Gasteiger partial charge in [0.1, 0.15) is 0 Å². The van der Waals surface area contributed by atoms with E-state index in [0.29, 0.717) is 11.8 Å². The van der Waals surface area contributed by atoms with Crippen molar-refractivity contribution >= 4 is 0 Å². The number of allylic oxidation sites excluding steroid dienone is 5. The highest BCUT2D eigenvalue weighted by atomic mass is 14.1. The molecule has 0 heteroatoms. The smallest absolute Gasteiger partial charge is 0.0169 e. The van der Waals surface area contributed by atoms with Crippen molar-refractivity contribution < 1.29 is 0 Å². The third-order valence-corrected chi connectivity index (χ3v) is 2.61. The molecule has 0 saturated carbocycles. The van der Waals surface area contributed by atoms with Crippen molar-refractivity contribution in [2.24, 2.45) is 11.8 Å². The Hall–Kier alpha value is -0.780. The Bertz CT molecular complexity index is 196. The minimum absolute atomic E-state index is 0.631. The molecule has 0 aromatic heterocycles. The van der Waals surface area contributed by atoms with E-state index >= 15 is 0 Å². The molecule has 0 aliphatic carbocycles. The molecule has 0 bridgehead atoms. The van der Waals surface area contributed by atoms with Gasteiger partial charge in [0.05, 0.1) is 0 Å². The highest BCUT2D eigenvalue weighted by Crippen LogP contribution is 2.21. The second-order valence-corrected chi connectivity index (χ2v) is 3.65. The molecule has 0 aliphatic rings. The Morgan fingerprint density at radius 2 is 2.00 bits per heavy atom. The standard InChI is InChI=1S/C13H22/c1-6-8-10-12(4)13(5)11(3)9-7-2/h6-7,9-11,13H,1,8H2,2-5H3. The summed E-state index contributed by atoms with van der Waals surface area (Å²) in [7, 11) is 0. The van der Waals surface area contributed by atoms with Gasteiger partial charge < -0.3 is 0 Å². The summed E-state index contributed by atoms with van der Waals surface area (Å²) >= 11 is 0. The van der Waals surface area contributed by atoms with Gasteiger partial charge >= 0.3 is 0 Å². The maximum absolute atomic E-state index is 3.71. The van der Waals surface area contributed by atoms with E-state index < -0.39 is 0 Å². The molecule has 13 heavy (non-hydrogen) atoms. The molecule has 74 valence electrons. The summed E-state index contributed by atoms with van der Waals surface area (Å²) < 4.78 is 0. The highest BCUT2D eigenvalue weighted by Gasteiger charge is 2.09. The van der Waals surface area contributed by atoms with Gasteiger partial charge in [-0.15, -0.1) is 6.58 Å². The molecule has 0 rings (SSSR count). The van der Waals surface area contributed by atoms with Crippen molar-refractivity contribution in [3.63, 3.8) is 0 Å². The van der Waals surface area contributed by atoms with Crippen LogP contribution < -0.4 is 0 Å². The molecule has 0 nitrogen and oxygen atoms in total. The highest BCUT2D eigenvalue weighted by molar-refractivity contribution is 5.08. The summed E-state index contributed by atoms with van der Waals surface area (Å²) in [4.78, 5) is 0.